The molecule has 0 aliphatic heterocycles. The van der Waals surface area contributed by atoms with E-state index < -0.39 is 12.3 Å². The second kappa shape index (κ2) is 4.92. The molecule has 1 aromatic heterocycles. The van der Waals surface area contributed by atoms with E-state index >= 15 is 0 Å². The number of alkyl halides is 3. The van der Waals surface area contributed by atoms with E-state index in [-0.39, 0.29) is 22.8 Å². The van der Waals surface area contributed by atoms with Gasteiger partial charge in [-0.1, -0.05) is 0 Å². The van der Waals surface area contributed by atoms with E-state index in [1.807, 2.05) is 0 Å². The summed E-state index contributed by atoms with van der Waals surface area (Å²) in [5.74, 6) is -1.00. The molecule has 0 radical (unpaired) electrons. The van der Waals surface area contributed by atoms with Crippen LogP contribution >= 0.6 is 0 Å². The first-order valence-electron chi connectivity index (χ1n) is 5.46. The molecular formula is C13H9F3O4. The van der Waals surface area contributed by atoms with E-state index in [2.05, 4.69) is 4.74 Å². The average molecular weight is 286 g/mol. The van der Waals surface area contributed by atoms with Gasteiger partial charge in [0.05, 0.1) is 0 Å². The number of hydrogen-bond donors (Lipinski definition) is 1. The van der Waals surface area contributed by atoms with Crippen molar-refractivity contribution in [1.82, 2.24) is 0 Å². The number of benzene rings is 1. The lowest BCUT2D eigenvalue weighted by molar-refractivity contribution is -0.274. The summed E-state index contributed by atoms with van der Waals surface area (Å²) >= 11 is 0. The molecular weight excluding hydrogens is 277 g/mol. The Morgan fingerprint density at radius 3 is 2.30 bits per heavy atom. The molecule has 0 atom stereocenters. The fourth-order valence-electron chi connectivity index (χ4n) is 1.66. The van der Waals surface area contributed by atoms with Crippen LogP contribution in [0.2, 0.25) is 0 Å². The lowest BCUT2D eigenvalue weighted by Crippen LogP contribution is -2.16. The van der Waals surface area contributed by atoms with Crippen molar-refractivity contribution in [3.8, 4) is 17.1 Å². The van der Waals surface area contributed by atoms with Gasteiger partial charge in [0, 0.05) is 5.56 Å². The molecule has 0 aliphatic rings. The van der Waals surface area contributed by atoms with Gasteiger partial charge in [0.25, 0.3) is 0 Å². The Hall–Kier alpha value is -2.44. The van der Waals surface area contributed by atoms with Crippen molar-refractivity contribution in [1.29, 1.82) is 0 Å². The lowest BCUT2D eigenvalue weighted by atomic mass is 10.1. The topological polar surface area (TPSA) is 59.7 Å². The number of rotatable bonds is 3. The summed E-state index contributed by atoms with van der Waals surface area (Å²) in [5, 5.41) is 8.89. The first-order chi connectivity index (χ1) is 9.26. The van der Waals surface area contributed by atoms with Crippen LogP contribution in [0.1, 0.15) is 16.1 Å². The van der Waals surface area contributed by atoms with E-state index in [1.54, 1.807) is 0 Å². The SMILES string of the molecule is Cc1oc(-c2ccc(OC(F)(F)F)cc2)cc1C(=O)O. The molecule has 0 aliphatic carbocycles. The minimum Gasteiger partial charge on any atom is -0.478 e. The highest BCUT2D eigenvalue weighted by Crippen LogP contribution is 2.29. The normalized spacial score (nSPS) is 11.4. The van der Waals surface area contributed by atoms with Crippen molar-refractivity contribution >= 4 is 5.97 Å². The van der Waals surface area contributed by atoms with Crippen molar-refractivity contribution < 1.29 is 32.2 Å². The van der Waals surface area contributed by atoms with Crippen LogP contribution in [0.5, 0.6) is 5.75 Å². The second-order valence-corrected chi connectivity index (χ2v) is 3.96. The van der Waals surface area contributed by atoms with Crippen molar-refractivity contribution in [2.45, 2.75) is 13.3 Å². The van der Waals surface area contributed by atoms with Crippen LogP contribution < -0.4 is 4.74 Å². The molecule has 4 nitrogen and oxygen atoms in total. The molecule has 0 fully saturated rings. The van der Waals surface area contributed by atoms with E-state index in [0.717, 1.165) is 12.1 Å². The zero-order valence-corrected chi connectivity index (χ0v) is 10.2. The number of halogens is 3. The number of hydrogen-bond acceptors (Lipinski definition) is 3. The fourth-order valence-corrected chi connectivity index (χ4v) is 1.66. The van der Waals surface area contributed by atoms with Gasteiger partial charge in [-0.05, 0) is 37.3 Å². The van der Waals surface area contributed by atoms with Crippen LogP contribution in [0.4, 0.5) is 13.2 Å². The van der Waals surface area contributed by atoms with Gasteiger partial charge in [0.2, 0.25) is 0 Å². The van der Waals surface area contributed by atoms with Crippen LogP contribution in [0.25, 0.3) is 11.3 Å². The molecule has 0 amide bonds. The van der Waals surface area contributed by atoms with E-state index in [9.17, 15) is 18.0 Å². The third-order valence-corrected chi connectivity index (χ3v) is 2.52. The molecule has 1 aromatic carbocycles. The van der Waals surface area contributed by atoms with Crippen molar-refractivity contribution in [3.63, 3.8) is 0 Å². The van der Waals surface area contributed by atoms with Gasteiger partial charge in [-0.25, -0.2) is 4.79 Å². The number of aromatic carboxylic acids is 1. The minimum atomic E-state index is -4.75. The number of carboxylic acids is 1. The first kappa shape index (κ1) is 14.0. The molecule has 1 N–H and O–H groups in total. The Morgan fingerprint density at radius 1 is 1.25 bits per heavy atom. The van der Waals surface area contributed by atoms with E-state index in [1.165, 1.54) is 25.1 Å². The Labute approximate surface area is 111 Å². The zero-order chi connectivity index (χ0) is 14.9. The summed E-state index contributed by atoms with van der Waals surface area (Å²) in [5.41, 5.74) is 0.464. The molecule has 0 saturated heterocycles. The molecule has 0 bridgehead atoms. The van der Waals surface area contributed by atoms with Gasteiger partial charge in [0.1, 0.15) is 22.8 Å². The number of aryl methyl sites for hydroxylation is 1. The fraction of sp³-hybridized carbons (Fsp3) is 0.154. The quantitative estimate of drug-likeness (QED) is 0.931. The summed E-state index contributed by atoms with van der Waals surface area (Å²) in [6.07, 6.45) is -4.75. The molecule has 0 unspecified atom stereocenters. The number of carbonyl (C=O) groups is 1. The highest BCUT2D eigenvalue weighted by atomic mass is 19.4. The predicted octanol–water partition coefficient (Wildman–Crippen LogP) is 3.85. The number of furan rings is 1. The highest BCUT2D eigenvalue weighted by Gasteiger charge is 2.31. The molecule has 106 valence electrons. The average Bonchev–Trinajstić information content (AvgIpc) is 2.70. The molecule has 1 heterocycles. The third-order valence-electron chi connectivity index (χ3n) is 2.52. The molecule has 20 heavy (non-hydrogen) atoms. The first-order valence-corrected chi connectivity index (χ1v) is 5.46. The monoisotopic (exact) mass is 286 g/mol. The van der Waals surface area contributed by atoms with E-state index in [0.29, 0.717) is 5.56 Å². The summed E-state index contributed by atoms with van der Waals surface area (Å²) in [7, 11) is 0. The third kappa shape index (κ3) is 3.11. The second-order valence-electron chi connectivity index (χ2n) is 3.96. The summed E-state index contributed by atoms with van der Waals surface area (Å²) in [6.45, 7) is 1.49. The van der Waals surface area contributed by atoms with E-state index in [4.69, 9.17) is 9.52 Å². The molecule has 2 aromatic rings. The van der Waals surface area contributed by atoms with Gasteiger partial charge >= 0.3 is 12.3 Å². The van der Waals surface area contributed by atoms with Crippen LogP contribution in [-0.4, -0.2) is 17.4 Å². The maximum absolute atomic E-state index is 12.0. The Bertz CT molecular complexity index is 626. The van der Waals surface area contributed by atoms with Crippen LogP contribution in [0.15, 0.2) is 34.7 Å². The number of carboxylic acid groups (broad SMARTS) is 1. The van der Waals surface area contributed by atoms with Gasteiger partial charge in [0.15, 0.2) is 0 Å². The van der Waals surface area contributed by atoms with Crippen molar-refractivity contribution in [2.75, 3.05) is 0 Å². The lowest BCUT2D eigenvalue weighted by Gasteiger charge is -2.08. The molecule has 0 saturated carbocycles. The van der Waals surface area contributed by atoms with Gasteiger partial charge in [-0.15, -0.1) is 13.2 Å². The minimum absolute atomic E-state index is 0.00983. The van der Waals surface area contributed by atoms with Crippen molar-refractivity contribution in [3.05, 3.63) is 41.7 Å². The zero-order valence-electron chi connectivity index (χ0n) is 10.2. The molecule has 7 heteroatoms. The Kier molecular flexibility index (Phi) is 3.44. The Balaban J connectivity index is 2.26. The maximum atomic E-state index is 12.0. The summed E-state index contributed by atoms with van der Waals surface area (Å²) in [6, 6.07) is 6.27. The molecule has 0 spiro atoms. The van der Waals surface area contributed by atoms with Crippen LogP contribution in [0, 0.1) is 6.92 Å². The largest absolute Gasteiger partial charge is 0.573 e. The highest BCUT2D eigenvalue weighted by molar-refractivity contribution is 5.90. The maximum Gasteiger partial charge on any atom is 0.573 e. The standard InChI is InChI=1S/C13H9F3O4/c1-7-10(12(17)18)6-11(19-7)8-2-4-9(5-3-8)20-13(14,15)16/h2-6H,1H3,(H,17,18). The predicted molar refractivity (Wildman–Crippen MR) is 62.5 cm³/mol. The Morgan fingerprint density at radius 2 is 1.85 bits per heavy atom. The summed E-state index contributed by atoms with van der Waals surface area (Å²) < 4.78 is 45.0. The summed E-state index contributed by atoms with van der Waals surface area (Å²) in [4.78, 5) is 10.9. The van der Waals surface area contributed by atoms with Crippen LogP contribution in [0.3, 0.4) is 0 Å². The smallest absolute Gasteiger partial charge is 0.478 e. The van der Waals surface area contributed by atoms with Crippen LogP contribution in [-0.2, 0) is 0 Å². The molecule has 2 rings (SSSR count). The van der Waals surface area contributed by atoms with Crippen molar-refractivity contribution in [2.24, 2.45) is 0 Å². The van der Waals surface area contributed by atoms with Gasteiger partial charge in [-0.2, -0.15) is 0 Å². The van der Waals surface area contributed by atoms with Gasteiger partial charge < -0.3 is 14.3 Å². The van der Waals surface area contributed by atoms with Gasteiger partial charge in [-0.3, -0.25) is 0 Å². The number of ether oxygens (including phenoxy) is 1.